The number of amides is 1. The second-order valence-corrected chi connectivity index (χ2v) is 8.22. The third-order valence-electron chi connectivity index (χ3n) is 3.45. The van der Waals surface area contributed by atoms with Gasteiger partial charge in [0, 0.05) is 13.6 Å². The van der Waals surface area contributed by atoms with E-state index in [1.54, 1.807) is 7.05 Å². The molecule has 0 saturated carbocycles. The van der Waals surface area contributed by atoms with Gasteiger partial charge in [-0.3, -0.25) is 4.79 Å². The number of carbonyl (C=O) groups excluding carboxylic acids is 1. The van der Waals surface area contributed by atoms with Crippen molar-refractivity contribution >= 4 is 15.7 Å². The summed E-state index contributed by atoms with van der Waals surface area (Å²) in [5.41, 5.74) is 5.44. The average molecular weight is 276 g/mol. The van der Waals surface area contributed by atoms with Crippen molar-refractivity contribution in [1.29, 1.82) is 0 Å². The molecule has 0 spiro atoms. The van der Waals surface area contributed by atoms with Crippen LogP contribution in [-0.4, -0.2) is 50.4 Å². The summed E-state index contributed by atoms with van der Waals surface area (Å²) in [7, 11) is -1.60. The molecule has 6 heteroatoms. The van der Waals surface area contributed by atoms with Crippen molar-refractivity contribution in [1.82, 2.24) is 4.90 Å². The van der Waals surface area contributed by atoms with Crippen LogP contribution in [0.25, 0.3) is 0 Å². The van der Waals surface area contributed by atoms with Gasteiger partial charge in [-0.1, -0.05) is 20.3 Å². The number of carbonyl (C=O) groups is 1. The predicted molar refractivity (Wildman–Crippen MR) is 71.9 cm³/mol. The molecule has 106 valence electrons. The minimum Gasteiger partial charge on any atom is -0.344 e. The Hall–Kier alpha value is -0.620. The fourth-order valence-corrected chi connectivity index (χ4v) is 4.17. The first-order valence-electron chi connectivity index (χ1n) is 6.36. The lowest BCUT2D eigenvalue weighted by Crippen LogP contribution is -2.47. The molecule has 0 aromatic rings. The average Bonchev–Trinajstić information content (AvgIpc) is 2.27. The van der Waals surface area contributed by atoms with Gasteiger partial charge in [0.2, 0.25) is 5.91 Å². The lowest BCUT2D eigenvalue weighted by Gasteiger charge is -2.32. The summed E-state index contributed by atoms with van der Waals surface area (Å²) in [6, 6.07) is 0. The van der Waals surface area contributed by atoms with Gasteiger partial charge in [-0.25, -0.2) is 8.42 Å². The van der Waals surface area contributed by atoms with E-state index in [-0.39, 0.29) is 17.1 Å². The van der Waals surface area contributed by atoms with E-state index in [0.717, 1.165) is 6.42 Å². The highest BCUT2D eigenvalue weighted by Gasteiger charge is 2.37. The van der Waals surface area contributed by atoms with Gasteiger partial charge in [0.15, 0.2) is 9.84 Å². The summed E-state index contributed by atoms with van der Waals surface area (Å²) in [5.74, 6) is -0.145. The third kappa shape index (κ3) is 3.68. The molecule has 0 bridgehead atoms. The van der Waals surface area contributed by atoms with Gasteiger partial charge < -0.3 is 10.6 Å². The second kappa shape index (κ2) is 5.57. The molecule has 1 atom stereocenters. The maximum absolute atomic E-state index is 12.2. The molecule has 1 aliphatic rings. The summed E-state index contributed by atoms with van der Waals surface area (Å²) in [6.45, 7) is 4.87. The van der Waals surface area contributed by atoms with Crippen LogP contribution in [-0.2, 0) is 14.6 Å². The molecule has 5 nitrogen and oxygen atoms in total. The third-order valence-corrected chi connectivity index (χ3v) is 5.61. The van der Waals surface area contributed by atoms with Crippen molar-refractivity contribution in [3.63, 3.8) is 0 Å². The Morgan fingerprint density at radius 1 is 1.39 bits per heavy atom. The minimum absolute atomic E-state index is 0.136. The predicted octanol–water partition coefficient (Wildman–Crippen LogP) is 0.397. The van der Waals surface area contributed by atoms with E-state index in [1.807, 2.05) is 13.8 Å². The lowest BCUT2D eigenvalue weighted by molar-refractivity contribution is -0.130. The molecule has 1 aliphatic heterocycles. The quantitative estimate of drug-likeness (QED) is 0.806. The molecule has 0 aromatic heterocycles. The van der Waals surface area contributed by atoms with E-state index < -0.39 is 15.1 Å². The van der Waals surface area contributed by atoms with Crippen LogP contribution in [0.15, 0.2) is 0 Å². The van der Waals surface area contributed by atoms with Crippen LogP contribution < -0.4 is 5.73 Å². The van der Waals surface area contributed by atoms with Gasteiger partial charge in [0.25, 0.3) is 0 Å². The normalized spacial score (nSPS) is 23.7. The Bertz CT molecular complexity index is 404. The number of sulfone groups is 1. The molecule has 1 unspecified atom stereocenters. The number of nitrogens with two attached hydrogens (primary N) is 1. The monoisotopic (exact) mass is 276 g/mol. The van der Waals surface area contributed by atoms with E-state index in [4.69, 9.17) is 5.73 Å². The highest BCUT2D eigenvalue weighted by Crippen LogP contribution is 2.22. The maximum Gasteiger partial charge on any atom is 0.240 e. The van der Waals surface area contributed by atoms with Crippen LogP contribution in [0.2, 0.25) is 0 Å². The molecule has 1 fully saturated rings. The second-order valence-electron chi connectivity index (χ2n) is 5.91. The molecule has 2 N–H and O–H groups in total. The molecule has 1 amide bonds. The molecular formula is C12H24N2O3S. The van der Waals surface area contributed by atoms with Crippen LogP contribution in [0.3, 0.4) is 0 Å². The summed E-state index contributed by atoms with van der Waals surface area (Å²) >= 11 is 0. The van der Waals surface area contributed by atoms with Gasteiger partial charge >= 0.3 is 0 Å². The highest BCUT2D eigenvalue weighted by molar-refractivity contribution is 7.92. The topological polar surface area (TPSA) is 80.5 Å². The van der Waals surface area contributed by atoms with Crippen LogP contribution in [0, 0.1) is 5.41 Å². The number of hydrogen-bond donors (Lipinski definition) is 1. The molecule has 18 heavy (non-hydrogen) atoms. The number of hydrogen-bond acceptors (Lipinski definition) is 4. The molecule has 0 radical (unpaired) electrons. The minimum atomic E-state index is -3.25. The molecular weight excluding hydrogens is 252 g/mol. The standard InChI is InChI=1S/C12H24N2O3S/c1-12(2,8-13)9-14(3)11(15)10-6-4-5-7-18(10,16)17/h10H,4-9,13H2,1-3H3. The fourth-order valence-electron chi connectivity index (χ4n) is 2.26. The summed E-state index contributed by atoms with van der Waals surface area (Å²) in [5, 5.41) is -0.843. The van der Waals surface area contributed by atoms with E-state index in [1.165, 1.54) is 4.90 Å². The first-order chi connectivity index (χ1) is 8.19. The van der Waals surface area contributed by atoms with Gasteiger partial charge in [0.1, 0.15) is 5.25 Å². The zero-order chi connectivity index (χ0) is 14.0. The molecule has 1 heterocycles. The Kier molecular flexibility index (Phi) is 4.78. The van der Waals surface area contributed by atoms with Gasteiger partial charge in [-0.05, 0) is 24.8 Å². The first kappa shape index (κ1) is 15.4. The van der Waals surface area contributed by atoms with E-state index in [2.05, 4.69) is 0 Å². The van der Waals surface area contributed by atoms with E-state index in [9.17, 15) is 13.2 Å². The molecule has 0 aliphatic carbocycles. The fraction of sp³-hybridized carbons (Fsp3) is 0.917. The molecule has 1 rings (SSSR count). The van der Waals surface area contributed by atoms with Gasteiger partial charge in [-0.2, -0.15) is 0 Å². The zero-order valence-corrected chi connectivity index (χ0v) is 12.3. The van der Waals surface area contributed by atoms with Crippen LogP contribution in [0.1, 0.15) is 33.1 Å². The van der Waals surface area contributed by atoms with Gasteiger partial charge in [0.05, 0.1) is 5.75 Å². The lowest BCUT2D eigenvalue weighted by atomic mass is 9.93. The summed E-state index contributed by atoms with van der Waals surface area (Å²) in [6.07, 6.45) is 1.93. The van der Waals surface area contributed by atoms with Crippen molar-refractivity contribution in [2.24, 2.45) is 11.1 Å². The van der Waals surface area contributed by atoms with Crippen molar-refractivity contribution in [2.45, 2.75) is 38.4 Å². The Balaban J connectivity index is 2.75. The summed E-state index contributed by atoms with van der Waals surface area (Å²) in [4.78, 5) is 13.7. The zero-order valence-electron chi connectivity index (χ0n) is 11.5. The van der Waals surface area contributed by atoms with Crippen LogP contribution in [0.4, 0.5) is 0 Å². The largest absolute Gasteiger partial charge is 0.344 e. The van der Waals surface area contributed by atoms with Crippen molar-refractivity contribution in [3.8, 4) is 0 Å². The maximum atomic E-state index is 12.2. The van der Waals surface area contributed by atoms with Crippen molar-refractivity contribution < 1.29 is 13.2 Å². The molecule has 0 aromatic carbocycles. The van der Waals surface area contributed by atoms with E-state index in [0.29, 0.717) is 25.9 Å². The Morgan fingerprint density at radius 3 is 2.50 bits per heavy atom. The Labute approximate surface area is 110 Å². The van der Waals surface area contributed by atoms with Crippen LogP contribution >= 0.6 is 0 Å². The highest BCUT2D eigenvalue weighted by atomic mass is 32.2. The van der Waals surface area contributed by atoms with Crippen molar-refractivity contribution in [3.05, 3.63) is 0 Å². The SMILES string of the molecule is CN(CC(C)(C)CN)C(=O)C1CCCCS1(=O)=O. The summed E-state index contributed by atoms with van der Waals surface area (Å²) < 4.78 is 23.8. The molecule has 1 saturated heterocycles. The smallest absolute Gasteiger partial charge is 0.240 e. The number of rotatable bonds is 4. The van der Waals surface area contributed by atoms with E-state index >= 15 is 0 Å². The first-order valence-corrected chi connectivity index (χ1v) is 8.08. The Morgan fingerprint density at radius 2 is 2.00 bits per heavy atom. The van der Waals surface area contributed by atoms with Crippen molar-refractivity contribution in [2.75, 3.05) is 25.9 Å². The van der Waals surface area contributed by atoms with Gasteiger partial charge in [-0.15, -0.1) is 0 Å². The number of nitrogens with zero attached hydrogens (tertiary/aromatic N) is 1. The van der Waals surface area contributed by atoms with Crippen LogP contribution in [0.5, 0.6) is 0 Å².